The van der Waals surface area contributed by atoms with Crippen LogP contribution in [-0.4, -0.2) is 35.8 Å². The standard InChI is InChI=1S/C16H20F3NO/c17-16(18,19)15-7-4-8-20(15)13-9-14(10-13)21-11-12-5-2-1-3-6-12/h1-3,5-6,13-15H,4,7-11H2. The van der Waals surface area contributed by atoms with Crippen molar-refractivity contribution in [3.05, 3.63) is 35.9 Å². The molecule has 1 atom stereocenters. The van der Waals surface area contributed by atoms with Crippen molar-refractivity contribution in [2.45, 2.75) is 56.7 Å². The van der Waals surface area contributed by atoms with Gasteiger partial charge in [0, 0.05) is 6.04 Å². The number of alkyl halides is 3. The molecule has 2 fully saturated rings. The molecular weight excluding hydrogens is 279 g/mol. The van der Waals surface area contributed by atoms with Crippen molar-refractivity contribution in [2.24, 2.45) is 0 Å². The van der Waals surface area contributed by atoms with Crippen LogP contribution in [0, 0.1) is 0 Å². The first-order valence-electron chi connectivity index (χ1n) is 7.52. The smallest absolute Gasteiger partial charge is 0.373 e. The van der Waals surface area contributed by atoms with Gasteiger partial charge in [-0.05, 0) is 37.8 Å². The molecular formula is C16H20F3NO. The fourth-order valence-corrected chi connectivity index (χ4v) is 3.31. The molecule has 21 heavy (non-hydrogen) atoms. The van der Waals surface area contributed by atoms with Crippen LogP contribution >= 0.6 is 0 Å². The molecule has 0 bridgehead atoms. The van der Waals surface area contributed by atoms with E-state index in [0.717, 1.165) is 18.4 Å². The first-order valence-corrected chi connectivity index (χ1v) is 7.52. The maximum absolute atomic E-state index is 12.9. The zero-order valence-electron chi connectivity index (χ0n) is 11.9. The number of rotatable bonds is 4. The topological polar surface area (TPSA) is 12.5 Å². The van der Waals surface area contributed by atoms with Gasteiger partial charge >= 0.3 is 6.18 Å². The molecule has 3 rings (SSSR count). The Morgan fingerprint density at radius 3 is 2.52 bits per heavy atom. The number of benzene rings is 1. The van der Waals surface area contributed by atoms with Gasteiger partial charge in [-0.2, -0.15) is 13.2 Å². The molecule has 1 saturated carbocycles. The molecule has 0 spiro atoms. The van der Waals surface area contributed by atoms with Crippen molar-refractivity contribution in [1.82, 2.24) is 4.90 Å². The van der Waals surface area contributed by atoms with Crippen molar-refractivity contribution < 1.29 is 17.9 Å². The zero-order chi connectivity index (χ0) is 14.9. The van der Waals surface area contributed by atoms with Crippen LogP contribution in [-0.2, 0) is 11.3 Å². The van der Waals surface area contributed by atoms with Crippen LogP contribution in [0.2, 0.25) is 0 Å². The normalized spacial score (nSPS) is 30.3. The lowest BCUT2D eigenvalue weighted by atomic mass is 9.87. The quantitative estimate of drug-likeness (QED) is 0.839. The predicted octanol–water partition coefficient (Wildman–Crippen LogP) is 3.76. The molecule has 1 aromatic rings. The van der Waals surface area contributed by atoms with Gasteiger partial charge < -0.3 is 4.74 Å². The molecule has 1 aliphatic heterocycles. The van der Waals surface area contributed by atoms with E-state index in [2.05, 4.69) is 0 Å². The van der Waals surface area contributed by atoms with E-state index in [1.807, 2.05) is 30.3 Å². The number of hydrogen-bond acceptors (Lipinski definition) is 2. The Hall–Kier alpha value is -1.07. The Morgan fingerprint density at radius 1 is 1.14 bits per heavy atom. The minimum absolute atomic E-state index is 0.0416. The second kappa shape index (κ2) is 5.97. The van der Waals surface area contributed by atoms with Crippen LogP contribution in [0.15, 0.2) is 30.3 Å². The minimum atomic E-state index is -4.09. The van der Waals surface area contributed by atoms with Crippen molar-refractivity contribution >= 4 is 0 Å². The zero-order valence-corrected chi connectivity index (χ0v) is 11.9. The Bertz CT molecular complexity index is 456. The van der Waals surface area contributed by atoms with Gasteiger partial charge in [-0.1, -0.05) is 30.3 Å². The second-order valence-corrected chi connectivity index (χ2v) is 5.98. The third-order valence-corrected chi connectivity index (χ3v) is 4.54. The van der Waals surface area contributed by atoms with Crippen LogP contribution < -0.4 is 0 Å². The summed E-state index contributed by atoms with van der Waals surface area (Å²) in [6, 6.07) is 8.67. The lowest BCUT2D eigenvalue weighted by Gasteiger charge is -2.43. The van der Waals surface area contributed by atoms with Crippen molar-refractivity contribution in [3.8, 4) is 0 Å². The molecule has 1 unspecified atom stereocenters. The maximum atomic E-state index is 12.9. The van der Waals surface area contributed by atoms with Crippen molar-refractivity contribution in [1.29, 1.82) is 0 Å². The van der Waals surface area contributed by atoms with E-state index in [1.165, 1.54) is 0 Å². The van der Waals surface area contributed by atoms with Crippen LogP contribution in [0.4, 0.5) is 13.2 Å². The van der Waals surface area contributed by atoms with E-state index in [9.17, 15) is 13.2 Å². The highest BCUT2D eigenvalue weighted by atomic mass is 19.4. The number of halogens is 3. The maximum Gasteiger partial charge on any atom is 0.404 e. The summed E-state index contributed by atoms with van der Waals surface area (Å²) in [4.78, 5) is 1.64. The first kappa shape index (κ1) is 14.9. The molecule has 1 aliphatic carbocycles. The molecule has 0 amide bonds. The minimum Gasteiger partial charge on any atom is -0.373 e. The predicted molar refractivity (Wildman–Crippen MR) is 73.8 cm³/mol. The fraction of sp³-hybridized carbons (Fsp3) is 0.625. The summed E-state index contributed by atoms with van der Waals surface area (Å²) < 4.78 is 44.5. The van der Waals surface area contributed by atoms with Gasteiger partial charge in [-0.3, -0.25) is 4.90 Å². The van der Waals surface area contributed by atoms with Gasteiger partial charge in [-0.25, -0.2) is 0 Å². The Kier molecular flexibility index (Phi) is 4.22. The van der Waals surface area contributed by atoms with Crippen LogP contribution in [0.1, 0.15) is 31.2 Å². The van der Waals surface area contributed by atoms with E-state index in [1.54, 1.807) is 4.90 Å². The average Bonchev–Trinajstić information content (AvgIpc) is 2.87. The van der Waals surface area contributed by atoms with Crippen LogP contribution in [0.3, 0.4) is 0 Å². The van der Waals surface area contributed by atoms with Crippen LogP contribution in [0.5, 0.6) is 0 Å². The SMILES string of the molecule is FC(F)(F)C1CCCN1C1CC(OCc2ccccc2)C1. The molecule has 1 aromatic carbocycles. The first-order chi connectivity index (χ1) is 10.0. The number of hydrogen-bond donors (Lipinski definition) is 0. The van der Waals surface area contributed by atoms with E-state index >= 15 is 0 Å². The highest BCUT2D eigenvalue weighted by Crippen LogP contribution is 2.39. The van der Waals surface area contributed by atoms with E-state index in [-0.39, 0.29) is 18.6 Å². The molecule has 2 nitrogen and oxygen atoms in total. The molecule has 1 saturated heterocycles. The molecule has 5 heteroatoms. The number of likely N-dealkylation sites (tertiary alicyclic amines) is 1. The lowest BCUT2D eigenvalue weighted by molar-refractivity contribution is -0.191. The summed E-state index contributed by atoms with van der Waals surface area (Å²) in [7, 11) is 0. The average molecular weight is 299 g/mol. The molecule has 0 aromatic heterocycles. The van der Waals surface area contributed by atoms with Gasteiger partial charge in [0.15, 0.2) is 0 Å². The molecule has 2 aliphatic rings. The lowest BCUT2D eigenvalue weighted by Crippen LogP contribution is -2.53. The van der Waals surface area contributed by atoms with Crippen molar-refractivity contribution in [3.63, 3.8) is 0 Å². The Morgan fingerprint density at radius 2 is 1.86 bits per heavy atom. The third kappa shape index (κ3) is 3.40. The van der Waals surface area contributed by atoms with E-state index in [4.69, 9.17) is 4.74 Å². The monoisotopic (exact) mass is 299 g/mol. The summed E-state index contributed by atoms with van der Waals surface area (Å²) in [6.45, 7) is 1.11. The number of ether oxygens (including phenoxy) is 1. The fourth-order valence-electron chi connectivity index (χ4n) is 3.31. The molecule has 0 N–H and O–H groups in total. The highest BCUT2D eigenvalue weighted by molar-refractivity contribution is 5.13. The van der Waals surface area contributed by atoms with Gasteiger partial charge in [-0.15, -0.1) is 0 Å². The van der Waals surface area contributed by atoms with Gasteiger partial charge in [0.25, 0.3) is 0 Å². The van der Waals surface area contributed by atoms with E-state index < -0.39 is 12.2 Å². The molecule has 0 radical (unpaired) electrons. The molecule has 116 valence electrons. The third-order valence-electron chi connectivity index (χ3n) is 4.54. The Balaban J connectivity index is 1.45. The summed E-state index contributed by atoms with van der Waals surface area (Å²) in [5, 5.41) is 0. The summed E-state index contributed by atoms with van der Waals surface area (Å²) in [6.07, 6.45) is -1.65. The summed E-state index contributed by atoms with van der Waals surface area (Å²) >= 11 is 0. The van der Waals surface area contributed by atoms with Gasteiger partial charge in [0.05, 0.1) is 12.7 Å². The van der Waals surface area contributed by atoms with E-state index in [0.29, 0.717) is 19.6 Å². The van der Waals surface area contributed by atoms with Gasteiger partial charge in [0.2, 0.25) is 0 Å². The van der Waals surface area contributed by atoms with Gasteiger partial charge in [0.1, 0.15) is 6.04 Å². The Labute approximate surface area is 122 Å². The summed E-state index contributed by atoms with van der Waals surface area (Å²) in [5.41, 5.74) is 1.11. The highest BCUT2D eigenvalue weighted by Gasteiger charge is 2.50. The van der Waals surface area contributed by atoms with Crippen molar-refractivity contribution in [2.75, 3.05) is 6.54 Å². The number of nitrogens with zero attached hydrogens (tertiary/aromatic N) is 1. The second-order valence-electron chi connectivity index (χ2n) is 5.98. The largest absolute Gasteiger partial charge is 0.404 e. The molecule has 1 heterocycles. The van der Waals surface area contributed by atoms with Crippen LogP contribution in [0.25, 0.3) is 0 Å². The summed E-state index contributed by atoms with van der Waals surface area (Å²) in [5.74, 6) is 0.